The summed E-state index contributed by atoms with van der Waals surface area (Å²) in [7, 11) is -1.81. The summed E-state index contributed by atoms with van der Waals surface area (Å²) in [5.41, 5.74) is 1.48. The molecule has 1 atom stereocenters. The van der Waals surface area contributed by atoms with Gasteiger partial charge in [-0.2, -0.15) is 4.31 Å². The van der Waals surface area contributed by atoms with E-state index in [1.165, 1.54) is 10.4 Å². The van der Waals surface area contributed by atoms with Crippen LogP contribution in [0.15, 0.2) is 41.4 Å². The van der Waals surface area contributed by atoms with Crippen LogP contribution in [0.1, 0.15) is 54.7 Å². The smallest absolute Gasteiger partial charge is 0.271 e. The van der Waals surface area contributed by atoms with Crippen molar-refractivity contribution < 1.29 is 17.9 Å². The Morgan fingerprint density at radius 1 is 1.10 bits per heavy atom. The number of sulfonamides is 1. The van der Waals surface area contributed by atoms with Crippen molar-refractivity contribution in [2.75, 3.05) is 26.2 Å². The van der Waals surface area contributed by atoms with Crippen LogP contribution in [0.25, 0.3) is 0 Å². The third-order valence-electron chi connectivity index (χ3n) is 5.99. The number of rotatable bonds is 6. The quantitative estimate of drug-likeness (QED) is 0.704. The summed E-state index contributed by atoms with van der Waals surface area (Å²) in [5, 5.41) is 0. The van der Waals surface area contributed by atoms with Crippen molar-refractivity contribution in [2.45, 2.75) is 43.5 Å². The second-order valence-corrected chi connectivity index (χ2v) is 9.88. The lowest BCUT2D eigenvalue weighted by molar-refractivity contribution is 0.0726. The summed E-state index contributed by atoms with van der Waals surface area (Å²) in [6.45, 7) is 4.32. The van der Waals surface area contributed by atoms with Crippen LogP contribution in [-0.4, -0.2) is 54.3 Å². The molecule has 1 aromatic heterocycles. The fourth-order valence-electron chi connectivity index (χ4n) is 4.42. The number of carbonyl (C=O) groups excluding carboxylic acids is 1. The molecular weight excluding hydrogens is 402 g/mol. The highest BCUT2D eigenvalue weighted by molar-refractivity contribution is 7.89. The maximum absolute atomic E-state index is 13.4. The molecule has 30 heavy (non-hydrogen) atoms. The molecule has 0 saturated carbocycles. The number of amides is 1. The molecule has 7 nitrogen and oxygen atoms in total. The first-order chi connectivity index (χ1) is 14.4. The minimum Gasteiger partial charge on any atom is -0.494 e. The zero-order valence-corrected chi connectivity index (χ0v) is 18.4. The summed E-state index contributed by atoms with van der Waals surface area (Å²) in [4.78, 5) is 15.4. The molecule has 1 amide bonds. The van der Waals surface area contributed by atoms with Gasteiger partial charge in [0.15, 0.2) is 0 Å². The minimum absolute atomic E-state index is 0.0123. The molecule has 3 heterocycles. The molecule has 0 spiro atoms. The lowest BCUT2D eigenvalue weighted by atomic mass is 10.0. The predicted octanol–water partition coefficient (Wildman–Crippen LogP) is 3.19. The minimum atomic E-state index is -3.55. The highest BCUT2D eigenvalue weighted by Gasteiger charge is 2.34. The first-order valence-electron chi connectivity index (χ1n) is 10.6. The van der Waals surface area contributed by atoms with Gasteiger partial charge >= 0.3 is 0 Å². The van der Waals surface area contributed by atoms with Crippen LogP contribution in [-0.2, 0) is 17.1 Å². The first kappa shape index (κ1) is 20.9. The molecule has 1 aromatic carbocycles. The Bertz CT molecular complexity index is 1010. The van der Waals surface area contributed by atoms with Crippen LogP contribution in [0, 0.1) is 0 Å². The van der Waals surface area contributed by atoms with Gasteiger partial charge in [0, 0.05) is 32.9 Å². The number of likely N-dealkylation sites (tertiary alicyclic amines) is 1. The summed E-state index contributed by atoms with van der Waals surface area (Å²) in [5.74, 6) is 0.688. The monoisotopic (exact) mass is 431 g/mol. The zero-order valence-electron chi connectivity index (χ0n) is 17.6. The lowest BCUT2D eigenvalue weighted by Gasteiger charge is -2.25. The highest BCUT2D eigenvalue weighted by atomic mass is 32.2. The van der Waals surface area contributed by atoms with E-state index in [0.29, 0.717) is 31.9 Å². The topological polar surface area (TPSA) is 71.8 Å². The van der Waals surface area contributed by atoms with Crippen LogP contribution in [0.2, 0.25) is 0 Å². The zero-order chi connectivity index (χ0) is 21.3. The SMILES string of the molecule is CCOc1ccc(C2CCCN2C(=O)c2cc(S(=O)(=O)N3CCCC3)cn2C)cc1. The molecule has 0 bridgehead atoms. The van der Waals surface area contributed by atoms with Gasteiger partial charge in [-0.05, 0) is 56.4 Å². The van der Waals surface area contributed by atoms with Gasteiger partial charge in [-0.15, -0.1) is 0 Å². The molecule has 2 fully saturated rings. The van der Waals surface area contributed by atoms with Gasteiger partial charge in [0.05, 0.1) is 12.6 Å². The Labute approximate surface area is 178 Å². The van der Waals surface area contributed by atoms with Crippen molar-refractivity contribution in [3.8, 4) is 5.75 Å². The Hall–Kier alpha value is -2.32. The van der Waals surface area contributed by atoms with Crippen molar-refractivity contribution in [1.29, 1.82) is 0 Å². The second-order valence-electron chi connectivity index (χ2n) is 7.94. The number of ether oxygens (including phenoxy) is 1. The maximum atomic E-state index is 13.4. The van der Waals surface area contributed by atoms with Crippen LogP contribution in [0.5, 0.6) is 5.75 Å². The Morgan fingerprint density at radius 3 is 2.47 bits per heavy atom. The molecule has 1 unspecified atom stereocenters. The van der Waals surface area contributed by atoms with Gasteiger partial charge < -0.3 is 14.2 Å². The van der Waals surface area contributed by atoms with Gasteiger partial charge in [0.1, 0.15) is 16.3 Å². The number of benzene rings is 1. The number of carbonyl (C=O) groups is 1. The normalized spacial score (nSPS) is 20.1. The Morgan fingerprint density at radius 2 is 1.80 bits per heavy atom. The van der Waals surface area contributed by atoms with E-state index in [-0.39, 0.29) is 16.8 Å². The maximum Gasteiger partial charge on any atom is 0.271 e. The van der Waals surface area contributed by atoms with Crippen LogP contribution < -0.4 is 4.74 Å². The van der Waals surface area contributed by atoms with Crippen molar-refractivity contribution in [2.24, 2.45) is 7.05 Å². The van der Waals surface area contributed by atoms with Gasteiger partial charge in [-0.1, -0.05) is 12.1 Å². The molecular formula is C22H29N3O4S. The number of hydrogen-bond donors (Lipinski definition) is 0. The first-order valence-corrected chi connectivity index (χ1v) is 12.1. The molecule has 8 heteroatoms. The molecule has 2 saturated heterocycles. The van der Waals surface area contributed by atoms with E-state index >= 15 is 0 Å². The van der Waals surface area contributed by atoms with Crippen molar-refractivity contribution in [1.82, 2.24) is 13.8 Å². The molecule has 0 radical (unpaired) electrons. The van der Waals surface area contributed by atoms with Gasteiger partial charge in [-0.3, -0.25) is 4.79 Å². The molecule has 0 aliphatic carbocycles. The predicted molar refractivity (Wildman–Crippen MR) is 114 cm³/mol. The van der Waals surface area contributed by atoms with E-state index in [0.717, 1.165) is 37.0 Å². The number of hydrogen-bond acceptors (Lipinski definition) is 4. The molecule has 0 N–H and O–H groups in total. The third-order valence-corrected chi connectivity index (χ3v) is 7.86. The molecule has 162 valence electrons. The molecule has 2 aliphatic heterocycles. The van der Waals surface area contributed by atoms with Gasteiger partial charge in [0.25, 0.3) is 5.91 Å². The average Bonchev–Trinajstić information content (AvgIpc) is 3.49. The fourth-order valence-corrected chi connectivity index (χ4v) is 6.01. The Kier molecular flexibility index (Phi) is 5.88. The molecule has 2 aromatic rings. The fraction of sp³-hybridized carbons (Fsp3) is 0.500. The van der Waals surface area contributed by atoms with Gasteiger partial charge in [0.2, 0.25) is 10.0 Å². The summed E-state index contributed by atoms with van der Waals surface area (Å²) in [6.07, 6.45) is 5.14. The van der Waals surface area contributed by atoms with E-state index < -0.39 is 10.0 Å². The number of nitrogens with zero attached hydrogens (tertiary/aromatic N) is 3. The molecule has 4 rings (SSSR count). The van der Waals surface area contributed by atoms with E-state index in [4.69, 9.17) is 4.74 Å². The van der Waals surface area contributed by atoms with Crippen LogP contribution in [0.4, 0.5) is 0 Å². The van der Waals surface area contributed by atoms with Crippen molar-refractivity contribution in [3.05, 3.63) is 47.8 Å². The average molecular weight is 432 g/mol. The van der Waals surface area contributed by atoms with Gasteiger partial charge in [-0.25, -0.2) is 8.42 Å². The lowest BCUT2D eigenvalue weighted by Crippen LogP contribution is -2.31. The van der Waals surface area contributed by atoms with E-state index in [2.05, 4.69) is 0 Å². The van der Waals surface area contributed by atoms with Crippen molar-refractivity contribution >= 4 is 15.9 Å². The van der Waals surface area contributed by atoms with E-state index in [9.17, 15) is 13.2 Å². The van der Waals surface area contributed by atoms with Crippen molar-refractivity contribution in [3.63, 3.8) is 0 Å². The van der Waals surface area contributed by atoms with Crippen LogP contribution in [0.3, 0.4) is 0 Å². The summed E-state index contributed by atoms with van der Waals surface area (Å²) >= 11 is 0. The van der Waals surface area contributed by atoms with Crippen LogP contribution >= 0.6 is 0 Å². The largest absolute Gasteiger partial charge is 0.494 e. The summed E-state index contributed by atoms with van der Waals surface area (Å²) < 4.78 is 34.4. The number of aromatic nitrogens is 1. The third kappa shape index (κ3) is 3.86. The highest BCUT2D eigenvalue weighted by Crippen LogP contribution is 2.34. The van der Waals surface area contributed by atoms with E-state index in [1.54, 1.807) is 17.8 Å². The second kappa shape index (κ2) is 8.43. The standard InChI is InChI=1S/C22H29N3O4S/c1-3-29-18-10-8-17(9-11-18)20-7-6-14-25(20)22(26)21-15-19(16-23(21)2)30(27,28)24-12-4-5-13-24/h8-11,15-16,20H,3-7,12-14H2,1-2H3. The van der Waals surface area contributed by atoms with E-state index in [1.807, 2.05) is 36.1 Å². The Balaban J connectivity index is 1.57. The number of aryl methyl sites for hydroxylation is 1. The molecule has 2 aliphatic rings. The summed E-state index contributed by atoms with van der Waals surface area (Å²) in [6, 6.07) is 9.41.